The van der Waals surface area contributed by atoms with Crippen LogP contribution in [0.25, 0.3) is 5.65 Å². The molecule has 1 aliphatic carbocycles. The number of carbonyl (C=O) groups excluding carboxylic acids is 1. The maximum Gasteiger partial charge on any atom is 0.262 e. The van der Waals surface area contributed by atoms with Crippen LogP contribution < -0.4 is 14.8 Å². The molecule has 2 fully saturated rings. The molecule has 4 heterocycles. The molecule has 0 radical (unpaired) electrons. The number of anilines is 1. The van der Waals surface area contributed by atoms with Crippen LogP contribution in [0.3, 0.4) is 0 Å². The third kappa shape index (κ3) is 2.77. The Balaban J connectivity index is 1.45. The molecule has 3 aromatic heterocycles. The number of ether oxygens (including phenoxy) is 3. The average Bonchev–Trinajstić information content (AvgIpc) is 3.06. The zero-order valence-electron chi connectivity index (χ0n) is 15.6. The summed E-state index contributed by atoms with van der Waals surface area (Å²) in [5.74, 6) is 2.60. The number of imidazole rings is 1. The van der Waals surface area contributed by atoms with E-state index in [9.17, 15) is 4.79 Å². The van der Waals surface area contributed by atoms with Gasteiger partial charge in [-0.05, 0) is 17.9 Å². The van der Waals surface area contributed by atoms with Gasteiger partial charge in [0.25, 0.3) is 5.91 Å². The molecule has 144 valence electrons. The minimum atomic E-state index is -0.313. The summed E-state index contributed by atoms with van der Waals surface area (Å²) in [5.41, 5.74) is 2.21. The van der Waals surface area contributed by atoms with Gasteiger partial charge >= 0.3 is 0 Å². The third-order valence-electron chi connectivity index (χ3n) is 5.51. The smallest absolute Gasteiger partial charge is 0.262 e. The molecule has 8 nitrogen and oxygen atoms in total. The quantitative estimate of drug-likeness (QED) is 0.731. The Morgan fingerprint density at radius 3 is 2.75 bits per heavy atom. The van der Waals surface area contributed by atoms with Gasteiger partial charge in [0, 0.05) is 30.4 Å². The topological polar surface area (TPSA) is 87.0 Å². The van der Waals surface area contributed by atoms with Crippen LogP contribution in [-0.4, -0.2) is 47.7 Å². The lowest BCUT2D eigenvalue weighted by molar-refractivity contribution is 0.102. The molecular formula is C20H20N4O4. The number of carbonyl (C=O) groups is 1. The maximum absolute atomic E-state index is 12.8. The van der Waals surface area contributed by atoms with Crippen LogP contribution in [0.2, 0.25) is 0 Å². The Morgan fingerprint density at radius 1 is 1.18 bits per heavy atom. The van der Waals surface area contributed by atoms with Crippen LogP contribution in [0.4, 0.5) is 5.82 Å². The number of hydrogen-bond donors (Lipinski definition) is 1. The molecule has 2 aliphatic rings. The third-order valence-corrected chi connectivity index (χ3v) is 5.51. The number of rotatable bonds is 5. The van der Waals surface area contributed by atoms with E-state index >= 15 is 0 Å². The van der Waals surface area contributed by atoms with Gasteiger partial charge in [0.1, 0.15) is 17.2 Å². The van der Waals surface area contributed by atoms with Gasteiger partial charge in [-0.3, -0.25) is 4.79 Å². The normalized spacial score (nSPS) is 22.7. The lowest BCUT2D eigenvalue weighted by Crippen LogP contribution is -2.15. The van der Waals surface area contributed by atoms with E-state index in [1.807, 2.05) is 10.6 Å². The van der Waals surface area contributed by atoms with Gasteiger partial charge in [-0.25, -0.2) is 4.98 Å². The summed E-state index contributed by atoms with van der Waals surface area (Å²) in [7, 11) is 3.07. The van der Waals surface area contributed by atoms with E-state index in [4.69, 9.17) is 19.2 Å². The van der Waals surface area contributed by atoms with Crippen LogP contribution in [0.15, 0.2) is 36.7 Å². The second-order valence-electron chi connectivity index (χ2n) is 7.10. The lowest BCUT2D eigenvalue weighted by atomic mass is 10.2. The van der Waals surface area contributed by atoms with Gasteiger partial charge in [0.2, 0.25) is 5.88 Å². The summed E-state index contributed by atoms with van der Waals surface area (Å²) in [5, 5.41) is 2.79. The molecule has 3 aromatic rings. The SMILES string of the molecule is COc1cccc(NC(=O)c2cn3cc(C4C5COCC54)nc3cc2OC)n1. The highest BCUT2D eigenvalue weighted by atomic mass is 16.5. The first-order valence-electron chi connectivity index (χ1n) is 9.14. The molecule has 1 aliphatic heterocycles. The van der Waals surface area contributed by atoms with Crippen molar-refractivity contribution in [2.75, 3.05) is 32.8 Å². The molecule has 0 spiro atoms. The molecular weight excluding hydrogens is 360 g/mol. The summed E-state index contributed by atoms with van der Waals surface area (Å²) >= 11 is 0. The molecule has 28 heavy (non-hydrogen) atoms. The van der Waals surface area contributed by atoms with Crippen molar-refractivity contribution >= 4 is 17.4 Å². The molecule has 0 aromatic carbocycles. The minimum absolute atomic E-state index is 0.313. The molecule has 8 heteroatoms. The average molecular weight is 380 g/mol. The van der Waals surface area contributed by atoms with Crippen molar-refractivity contribution in [3.8, 4) is 11.6 Å². The van der Waals surface area contributed by atoms with Gasteiger partial charge in [-0.1, -0.05) is 6.07 Å². The summed E-state index contributed by atoms with van der Waals surface area (Å²) in [4.78, 5) is 21.8. The molecule has 1 saturated carbocycles. The highest BCUT2D eigenvalue weighted by molar-refractivity contribution is 6.05. The zero-order valence-corrected chi connectivity index (χ0v) is 15.6. The van der Waals surface area contributed by atoms with Crippen molar-refractivity contribution in [3.63, 3.8) is 0 Å². The van der Waals surface area contributed by atoms with Gasteiger partial charge in [0.05, 0.1) is 38.7 Å². The Labute approximate surface area is 161 Å². The summed E-state index contributed by atoms with van der Waals surface area (Å²) < 4.78 is 17.9. The maximum atomic E-state index is 12.8. The minimum Gasteiger partial charge on any atom is -0.496 e. The fourth-order valence-corrected chi connectivity index (χ4v) is 4.00. The number of fused-ring (bicyclic) bond motifs is 2. The van der Waals surface area contributed by atoms with Crippen LogP contribution in [-0.2, 0) is 4.74 Å². The molecule has 1 N–H and O–H groups in total. The van der Waals surface area contributed by atoms with Crippen molar-refractivity contribution < 1.29 is 19.0 Å². The van der Waals surface area contributed by atoms with Gasteiger partial charge in [-0.15, -0.1) is 0 Å². The first kappa shape index (κ1) is 17.0. The highest BCUT2D eigenvalue weighted by Gasteiger charge is 2.55. The van der Waals surface area contributed by atoms with E-state index in [-0.39, 0.29) is 5.91 Å². The molecule has 0 bridgehead atoms. The van der Waals surface area contributed by atoms with Crippen molar-refractivity contribution in [2.45, 2.75) is 5.92 Å². The molecule has 5 rings (SSSR count). The summed E-state index contributed by atoms with van der Waals surface area (Å²) in [6, 6.07) is 6.97. The van der Waals surface area contributed by atoms with E-state index in [1.54, 1.807) is 37.6 Å². The predicted octanol–water partition coefficient (Wildman–Crippen LogP) is 2.36. The van der Waals surface area contributed by atoms with E-state index in [2.05, 4.69) is 10.3 Å². The Bertz CT molecular complexity index is 1050. The van der Waals surface area contributed by atoms with E-state index in [0.29, 0.717) is 40.8 Å². The lowest BCUT2D eigenvalue weighted by Gasteiger charge is -2.10. The Hall–Kier alpha value is -3.13. The van der Waals surface area contributed by atoms with Crippen molar-refractivity contribution in [3.05, 3.63) is 47.9 Å². The molecule has 1 amide bonds. The van der Waals surface area contributed by atoms with Crippen LogP contribution in [0.1, 0.15) is 22.0 Å². The first-order chi connectivity index (χ1) is 13.7. The monoisotopic (exact) mass is 380 g/mol. The number of methoxy groups -OCH3 is 2. The van der Waals surface area contributed by atoms with E-state index in [0.717, 1.165) is 24.6 Å². The number of nitrogens with zero attached hydrogens (tertiary/aromatic N) is 3. The summed E-state index contributed by atoms with van der Waals surface area (Å²) in [6.45, 7) is 1.63. The zero-order chi connectivity index (χ0) is 19.3. The molecule has 2 atom stereocenters. The summed E-state index contributed by atoms with van der Waals surface area (Å²) in [6.07, 6.45) is 3.74. The van der Waals surface area contributed by atoms with Gasteiger partial charge < -0.3 is 23.9 Å². The standard InChI is InChI=1S/C20H20N4O4/c1-26-15-6-17-21-14(19-12-9-28-10-13(12)19)8-24(17)7-11(15)20(25)23-16-4-3-5-18(22-16)27-2/h3-8,12-13,19H,9-10H2,1-2H3,(H,22,23,25). The van der Waals surface area contributed by atoms with E-state index < -0.39 is 0 Å². The molecule has 1 saturated heterocycles. The highest BCUT2D eigenvalue weighted by Crippen LogP contribution is 2.57. The first-order valence-corrected chi connectivity index (χ1v) is 9.14. The number of amides is 1. The van der Waals surface area contributed by atoms with Crippen LogP contribution >= 0.6 is 0 Å². The fraction of sp³-hybridized carbons (Fsp3) is 0.350. The number of hydrogen-bond acceptors (Lipinski definition) is 6. The van der Waals surface area contributed by atoms with Gasteiger partial charge in [0.15, 0.2) is 0 Å². The van der Waals surface area contributed by atoms with Crippen LogP contribution in [0, 0.1) is 11.8 Å². The number of pyridine rings is 2. The second-order valence-corrected chi connectivity index (χ2v) is 7.10. The largest absolute Gasteiger partial charge is 0.496 e. The Morgan fingerprint density at radius 2 is 2.00 bits per heavy atom. The predicted molar refractivity (Wildman–Crippen MR) is 101 cm³/mol. The molecule has 2 unspecified atom stereocenters. The Kier molecular flexibility index (Phi) is 3.94. The second kappa shape index (κ2) is 6.49. The van der Waals surface area contributed by atoms with Crippen LogP contribution in [0.5, 0.6) is 11.6 Å². The van der Waals surface area contributed by atoms with Crippen molar-refractivity contribution in [1.29, 1.82) is 0 Å². The fourth-order valence-electron chi connectivity index (χ4n) is 4.00. The number of aromatic nitrogens is 3. The van der Waals surface area contributed by atoms with Gasteiger partial charge in [-0.2, -0.15) is 4.98 Å². The van der Waals surface area contributed by atoms with E-state index in [1.165, 1.54) is 7.11 Å². The van der Waals surface area contributed by atoms with Crippen molar-refractivity contribution in [2.24, 2.45) is 11.8 Å². The van der Waals surface area contributed by atoms with Crippen molar-refractivity contribution in [1.82, 2.24) is 14.4 Å². The number of nitrogens with one attached hydrogen (secondary N) is 1.